The highest BCUT2D eigenvalue weighted by Gasteiger charge is 2.12. The Labute approximate surface area is 142 Å². The van der Waals surface area contributed by atoms with Crippen molar-refractivity contribution in [3.05, 3.63) is 47.5 Å². The van der Waals surface area contributed by atoms with Crippen LogP contribution < -0.4 is 15.2 Å². The minimum absolute atomic E-state index is 0.317. The van der Waals surface area contributed by atoms with E-state index in [0.717, 1.165) is 24.8 Å². The topological polar surface area (TPSA) is 61.6 Å². The minimum Gasteiger partial charge on any atom is -0.493 e. The smallest absolute Gasteiger partial charge is 0.169 e. The quantitative estimate of drug-likeness (QED) is 0.794. The summed E-state index contributed by atoms with van der Waals surface area (Å²) in [4.78, 5) is 12.0. The van der Waals surface area contributed by atoms with E-state index in [-0.39, 0.29) is 0 Å². The van der Waals surface area contributed by atoms with Gasteiger partial charge in [0.2, 0.25) is 0 Å². The third-order valence-electron chi connectivity index (χ3n) is 4.39. The number of carbonyl (C=O) groups is 1. The molecule has 0 atom stereocenters. The molecule has 0 aliphatic carbocycles. The van der Waals surface area contributed by atoms with Gasteiger partial charge < -0.3 is 15.2 Å². The number of hydrogen-bond donors (Lipinski definition) is 1. The summed E-state index contributed by atoms with van der Waals surface area (Å²) in [5.41, 5.74) is 9.00. The fourth-order valence-corrected chi connectivity index (χ4v) is 2.98. The number of ketones is 1. The first-order chi connectivity index (χ1) is 11.7. The fourth-order valence-electron chi connectivity index (χ4n) is 2.98. The molecule has 0 unspecified atom stereocenters. The summed E-state index contributed by atoms with van der Waals surface area (Å²) in [5.74, 6) is 2.22. The van der Waals surface area contributed by atoms with Gasteiger partial charge in [0.1, 0.15) is 5.78 Å². The molecule has 4 rings (SSSR count). The van der Waals surface area contributed by atoms with Crippen molar-refractivity contribution in [2.45, 2.75) is 38.5 Å². The zero-order valence-electron chi connectivity index (χ0n) is 14.0. The number of nitrogen functional groups attached to an aromatic ring is 1. The fraction of sp³-hybridized carbons (Fsp3) is 0.350. The Morgan fingerprint density at radius 2 is 1.67 bits per heavy atom. The predicted molar refractivity (Wildman–Crippen MR) is 94.8 cm³/mol. The number of rotatable bonds is 1. The van der Waals surface area contributed by atoms with Crippen molar-refractivity contribution >= 4 is 11.5 Å². The zero-order chi connectivity index (χ0) is 16.9. The van der Waals surface area contributed by atoms with Crippen LogP contribution in [-0.2, 0) is 17.6 Å². The number of nitrogens with two attached hydrogens (primary N) is 1. The molecule has 0 amide bonds. The lowest BCUT2D eigenvalue weighted by atomic mass is 10.0. The number of methoxy groups -OCH3 is 1. The van der Waals surface area contributed by atoms with Crippen LogP contribution in [0, 0.1) is 0 Å². The van der Waals surface area contributed by atoms with Crippen LogP contribution in [0.4, 0.5) is 5.69 Å². The second-order valence-corrected chi connectivity index (χ2v) is 6.21. The van der Waals surface area contributed by atoms with E-state index >= 15 is 0 Å². The van der Waals surface area contributed by atoms with Gasteiger partial charge in [0.15, 0.2) is 17.2 Å². The number of Topliss-reactive ketones (excluding diaryl/α,β-unsaturated/α-hetero) is 1. The SMILES string of the molecule is COc1ccc2cc1Oc1ccc(cc1N)CCCCC(=O)CC2. The molecular weight excluding hydrogens is 302 g/mol. The Hall–Kier alpha value is -2.49. The Morgan fingerprint density at radius 3 is 2.46 bits per heavy atom. The highest BCUT2D eigenvalue weighted by atomic mass is 16.5. The Bertz CT molecular complexity index is 740. The Kier molecular flexibility index (Phi) is 5.04. The number of ether oxygens (including phenoxy) is 2. The van der Waals surface area contributed by atoms with Gasteiger partial charge in [-0.05, 0) is 61.1 Å². The van der Waals surface area contributed by atoms with Crippen LogP contribution in [0.15, 0.2) is 36.4 Å². The molecule has 2 aromatic rings. The van der Waals surface area contributed by atoms with E-state index in [9.17, 15) is 4.79 Å². The molecule has 0 radical (unpaired) electrons. The summed E-state index contributed by atoms with van der Waals surface area (Å²) in [6.07, 6.45) is 4.77. The summed E-state index contributed by atoms with van der Waals surface area (Å²) in [7, 11) is 1.61. The number of anilines is 1. The van der Waals surface area contributed by atoms with Crippen LogP contribution in [0.25, 0.3) is 0 Å². The van der Waals surface area contributed by atoms with Gasteiger partial charge in [-0.2, -0.15) is 0 Å². The minimum atomic E-state index is 0.317. The average Bonchev–Trinajstić information content (AvgIpc) is 2.59. The van der Waals surface area contributed by atoms with Crippen molar-refractivity contribution in [1.82, 2.24) is 0 Å². The lowest BCUT2D eigenvalue weighted by Crippen LogP contribution is -2.01. The van der Waals surface area contributed by atoms with Crippen molar-refractivity contribution in [3.63, 3.8) is 0 Å². The molecule has 2 heterocycles. The van der Waals surface area contributed by atoms with E-state index in [1.807, 2.05) is 36.4 Å². The molecule has 126 valence electrons. The van der Waals surface area contributed by atoms with Gasteiger partial charge in [-0.15, -0.1) is 0 Å². The van der Waals surface area contributed by atoms with Crippen molar-refractivity contribution < 1.29 is 14.3 Å². The molecule has 2 N–H and O–H groups in total. The summed E-state index contributed by atoms with van der Waals surface area (Å²) < 4.78 is 11.4. The molecule has 4 heteroatoms. The van der Waals surface area contributed by atoms with Gasteiger partial charge >= 0.3 is 0 Å². The maximum Gasteiger partial charge on any atom is 0.169 e. The molecule has 2 aliphatic heterocycles. The number of benzene rings is 2. The van der Waals surface area contributed by atoms with Crippen molar-refractivity contribution in [3.8, 4) is 17.2 Å². The molecule has 0 saturated carbocycles. The largest absolute Gasteiger partial charge is 0.493 e. The third kappa shape index (κ3) is 3.88. The van der Waals surface area contributed by atoms with E-state index < -0.39 is 0 Å². The van der Waals surface area contributed by atoms with Crippen LogP contribution in [0.5, 0.6) is 17.2 Å². The second-order valence-electron chi connectivity index (χ2n) is 6.21. The Morgan fingerprint density at radius 1 is 0.917 bits per heavy atom. The molecule has 2 aliphatic rings. The molecule has 4 nitrogen and oxygen atoms in total. The van der Waals surface area contributed by atoms with E-state index in [1.54, 1.807) is 7.11 Å². The number of hydrogen-bond acceptors (Lipinski definition) is 4. The van der Waals surface area contributed by atoms with Crippen LogP contribution in [0.3, 0.4) is 0 Å². The molecule has 4 bridgehead atoms. The van der Waals surface area contributed by atoms with Gasteiger partial charge in [-0.1, -0.05) is 12.1 Å². The monoisotopic (exact) mass is 325 g/mol. The Balaban J connectivity index is 1.97. The van der Waals surface area contributed by atoms with Gasteiger partial charge in [0.05, 0.1) is 12.8 Å². The molecule has 24 heavy (non-hydrogen) atoms. The first-order valence-electron chi connectivity index (χ1n) is 8.40. The van der Waals surface area contributed by atoms with Gasteiger partial charge in [0, 0.05) is 12.8 Å². The standard InChI is InChI=1S/C20H23NO3/c1-23-19-11-8-15-6-9-16(22)5-3-2-4-14-7-10-18(17(21)12-14)24-20(19)13-15/h7-8,10-13H,2-6,9,21H2,1H3. The maximum absolute atomic E-state index is 12.0. The summed E-state index contributed by atoms with van der Waals surface area (Å²) in [5, 5.41) is 0. The van der Waals surface area contributed by atoms with Gasteiger partial charge in [0.25, 0.3) is 0 Å². The highest BCUT2D eigenvalue weighted by Crippen LogP contribution is 2.35. The second kappa shape index (κ2) is 7.39. The van der Waals surface area contributed by atoms with Crippen LogP contribution in [0.2, 0.25) is 0 Å². The van der Waals surface area contributed by atoms with Crippen molar-refractivity contribution in [2.24, 2.45) is 0 Å². The summed E-state index contributed by atoms with van der Waals surface area (Å²) >= 11 is 0. The lowest BCUT2D eigenvalue weighted by Gasteiger charge is -2.14. The molecule has 0 spiro atoms. The normalized spacial score (nSPS) is 15.3. The van der Waals surface area contributed by atoms with E-state index in [2.05, 4.69) is 0 Å². The van der Waals surface area contributed by atoms with E-state index in [0.29, 0.717) is 48.0 Å². The van der Waals surface area contributed by atoms with Gasteiger partial charge in [-0.3, -0.25) is 4.79 Å². The van der Waals surface area contributed by atoms with E-state index in [1.165, 1.54) is 5.56 Å². The predicted octanol–water partition coefficient (Wildman–Crippen LogP) is 4.30. The first kappa shape index (κ1) is 16.4. The zero-order valence-corrected chi connectivity index (χ0v) is 14.0. The lowest BCUT2D eigenvalue weighted by molar-refractivity contribution is -0.119. The molecule has 0 fully saturated rings. The van der Waals surface area contributed by atoms with E-state index in [4.69, 9.17) is 15.2 Å². The van der Waals surface area contributed by atoms with Crippen LogP contribution in [0.1, 0.15) is 36.8 Å². The van der Waals surface area contributed by atoms with Crippen molar-refractivity contribution in [1.29, 1.82) is 0 Å². The summed E-state index contributed by atoms with van der Waals surface area (Å²) in [6.45, 7) is 0. The van der Waals surface area contributed by atoms with Crippen LogP contribution >= 0.6 is 0 Å². The average molecular weight is 325 g/mol. The molecule has 0 saturated heterocycles. The number of carbonyl (C=O) groups excluding carboxylic acids is 1. The highest BCUT2D eigenvalue weighted by molar-refractivity contribution is 5.78. The first-order valence-corrected chi connectivity index (χ1v) is 8.40. The summed E-state index contributed by atoms with van der Waals surface area (Å²) in [6, 6.07) is 11.7. The van der Waals surface area contributed by atoms with Crippen LogP contribution in [-0.4, -0.2) is 12.9 Å². The number of aryl methyl sites for hydroxylation is 2. The molecule has 0 aromatic heterocycles. The maximum atomic E-state index is 12.0. The molecule has 2 aromatic carbocycles. The molecular formula is C20H23NO3. The van der Waals surface area contributed by atoms with Gasteiger partial charge in [-0.25, -0.2) is 0 Å². The third-order valence-corrected chi connectivity index (χ3v) is 4.39. The van der Waals surface area contributed by atoms with Crippen molar-refractivity contribution in [2.75, 3.05) is 12.8 Å². The number of fused-ring (bicyclic) bond motifs is 8.